The fourth-order valence-electron chi connectivity index (χ4n) is 9.40. The summed E-state index contributed by atoms with van der Waals surface area (Å²) >= 11 is 0. The van der Waals surface area contributed by atoms with Crippen LogP contribution < -0.4 is 10.2 Å². The lowest BCUT2D eigenvalue weighted by molar-refractivity contribution is -0.870. The number of carbonyl (C=O) groups excluding carboxylic acids is 1. The Kier molecular flexibility index (Phi) is 53.5. The van der Waals surface area contributed by atoms with Crippen molar-refractivity contribution in [2.24, 2.45) is 0 Å². The lowest BCUT2D eigenvalue weighted by atomic mass is 10.0. The second-order valence-corrected chi connectivity index (χ2v) is 24.2. The molecule has 72 heavy (non-hydrogen) atoms. The standard InChI is InChI=1S/C63H123N2O6P/c1-6-8-10-12-14-16-18-20-22-24-26-27-28-29-30-31-32-33-34-35-36-37-39-41-43-45-47-49-51-53-55-57-63(67)64-61(60-71-72(68,69)70-59-58-65(3,4)5)62(66)56-54-52-50-48-46-44-42-40-38-25-23-21-19-17-15-13-11-9-7-2/h24,26,46,48,54,56,61-62,66H,6-23,25,27-45,47,49-53,55,57-60H2,1-5H3,(H-,64,67,68,69)/b26-24-,48-46+,56-54+. The first-order valence-corrected chi connectivity index (χ1v) is 32.8. The van der Waals surface area contributed by atoms with Gasteiger partial charge in [-0.15, -0.1) is 0 Å². The number of phosphoric acid groups is 1. The number of carbonyl (C=O) groups is 1. The molecule has 0 aromatic heterocycles. The second kappa shape index (κ2) is 54.5. The van der Waals surface area contributed by atoms with Crippen molar-refractivity contribution in [2.45, 2.75) is 321 Å². The topological polar surface area (TPSA) is 108 Å². The predicted octanol–water partition coefficient (Wildman–Crippen LogP) is 18.7. The molecular weight excluding hydrogens is 912 g/mol. The lowest BCUT2D eigenvalue weighted by Crippen LogP contribution is -2.45. The molecule has 0 spiro atoms. The average Bonchev–Trinajstić information content (AvgIpc) is 3.34. The molecule has 0 heterocycles. The van der Waals surface area contributed by atoms with Gasteiger partial charge in [0.1, 0.15) is 13.2 Å². The molecule has 0 bridgehead atoms. The first-order valence-electron chi connectivity index (χ1n) is 31.4. The van der Waals surface area contributed by atoms with Crippen LogP contribution in [-0.4, -0.2) is 68.5 Å². The molecule has 0 aromatic rings. The Morgan fingerprint density at radius 3 is 1.12 bits per heavy atom. The van der Waals surface area contributed by atoms with Crippen molar-refractivity contribution >= 4 is 13.7 Å². The largest absolute Gasteiger partial charge is 0.756 e. The molecule has 0 aliphatic carbocycles. The first kappa shape index (κ1) is 70.7. The molecule has 1 amide bonds. The van der Waals surface area contributed by atoms with E-state index in [0.717, 1.165) is 38.5 Å². The van der Waals surface area contributed by atoms with Crippen LogP contribution in [0.2, 0.25) is 0 Å². The van der Waals surface area contributed by atoms with Gasteiger partial charge in [0.15, 0.2) is 0 Å². The van der Waals surface area contributed by atoms with Crippen LogP contribution in [0.5, 0.6) is 0 Å². The van der Waals surface area contributed by atoms with Crippen LogP contribution in [0.1, 0.15) is 309 Å². The maximum atomic E-state index is 13.0. The fraction of sp³-hybridized carbons (Fsp3) is 0.889. The molecule has 0 saturated heterocycles. The molecule has 0 saturated carbocycles. The van der Waals surface area contributed by atoms with Crippen LogP contribution in [0.25, 0.3) is 0 Å². The third-order valence-corrected chi connectivity index (χ3v) is 15.3. The Morgan fingerprint density at radius 1 is 0.472 bits per heavy atom. The number of hydrogen-bond donors (Lipinski definition) is 2. The number of aliphatic hydroxyl groups excluding tert-OH is 1. The molecule has 0 aliphatic rings. The summed E-state index contributed by atoms with van der Waals surface area (Å²) in [6.07, 6.45) is 71.0. The third-order valence-electron chi connectivity index (χ3n) is 14.3. The van der Waals surface area contributed by atoms with E-state index < -0.39 is 20.0 Å². The molecule has 3 unspecified atom stereocenters. The Hall–Kier alpha value is -1.28. The highest BCUT2D eigenvalue weighted by atomic mass is 31.2. The number of rotatable bonds is 58. The van der Waals surface area contributed by atoms with E-state index in [0.29, 0.717) is 17.4 Å². The zero-order valence-electron chi connectivity index (χ0n) is 48.6. The van der Waals surface area contributed by atoms with Crippen LogP contribution in [0.15, 0.2) is 36.5 Å². The summed E-state index contributed by atoms with van der Waals surface area (Å²) in [5.74, 6) is -0.202. The van der Waals surface area contributed by atoms with Gasteiger partial charge >= 0.3 is 0 Å². The Bertz CT molecular complexity index is 1270. The van der Waals surface area contributed by atoms with E-state index in [2.05, 4.69) is 43.5 Å². The van der Waals surface area contributed by atoms with Crippen molar-refractivity contribution in [3.8, 4) is 0 Å². The van der Waals surface area contributed by atoms with Crippen molar-refractivity contribution < 1.29 is 32.9 Å². The summed E-state index contributed by atoms with van der Waals surface area (Å²) in [4.78, 5) is 25.5. The van der Waals surface area contributed by atoms with E-state index in [4.69, 9.17) is 9.05 Å². The van der Waals surface area contributed by atoms with Gasteiger partial charge in [0.2, 0.25) is 5.91 Å². The summed E-state index contributed by atoms with van der Waals surface area (Å²) in [6.45, 7) is 4.67. The highest BCUT2D eigenvalue weighted by Crippen LogP contribution is 2.38. The number of hydrogen-bond acceptors (Lipinski definition) is 6. The molecule has 0 rings (SSSR count). The zero-order valence-corrected chi connectivity index (χ0v) is 49.5. The van der Waals surface area contributed by atoms with E-state index >= 15 is 0 Å². The molecular formula is C63H123N2O6P. The first-order chi connectivity index (χ1) is 35.0. The van der Waals surface area contributed by atoms with Crippen molar-refractivity contribution in [3.63, 3.8) is 0 Å². The van der Waals surface area contributed by atoms with Gasteiger partial charge < -0.3 is 28.8 Å². The minimum Gasteiger partial charge on any atom is -0.756 e. The number of nitrogens with zero attached hydrogens (tertiary/aromatic N) is 1. The number of allylic oxidation sites excluding steroid dienone is 5. The van der Waals surface area contributed by atoms with Crippen LogP contribution in [-0.2, 0) is 18.4 Å². The van der Waals surface area contributed by atoms with E-state index in [1.54, 1.807) is 6.08 Å². The third kappa shape index (κ3) is 56.4. The minimum absolute atomic E-state index is 0.00471. The van der Waals surface area contributed by atoms with Gasteiger partial charge in [-0.05, 0) is 57.8 Å². The molecule has 8 nitrogen and oxygen atoms in total. The fourth-order valence-corrected chi connectivity index (χ4v) is 10.1. The van der Waals surface area contributed by atoms with Gasteiger partial charge in [-0.25, -0.2) is 0 Å². The van der Waals surface area contributed by atoms with E-state index in [-0.39, 0.29) is 19.1 Å². The average molecular weight is 1040 g/mol. The monoisotopic (exact) mass is 1030 g/mol. The van der Waals surface area contributed by atoms with E-state index in [9.17, 15) is 19.4 Å². The smallest absolute Gasteiger partial charge is 0.268 e. The van der Waals surface area contributed by atoms with E-state index in [1.807, 2.05) is 27.2 Å². The van der Waals surface area contributed by atoms with Crippen LogP contribution in [0, 0.1) is 0 Å². The molecule has 3 atom stereocenters. The predicted molar refractivity (Wildman–Crippen MR) is 311 cm³/mol. The summed E-state index contributed by atoms with van der Waals surface area (Å²) in [7, 11) is 1.26. The SMILES string of the molecule is CCCCCCCCCC/C=C\CCCCCCCCCCCCCCCCCCCCCC(=O)NC(COP(=O)([O-])OCC[N+](C)(C)C)C(O)/C=C/CC/C=C/CCCCCCCCCCCCCCC. The quantitative estimate of drug-likeness (QED) is 0.0272. The van der Waals surface area contributed by atoms with Crippen molar-refractivity contribution in [2.75, 3.05) is 40.9 Å². The highest BCUT2D eigenvalue weighted by molar-refractivity contribution is 7.45. The lowest BCUT2D eigenvalue weighted by Gasteiger charge is -2.29. The molecule has 0 fully saturated rings. The van der Waals surface area contributed by atoms with E-state index in [1.165, 1.54) is 250 Å². The summed E-state index contributed by atoms with van der Waals surface area (Å²) < 4.78 is 23.4. The van der Waals surface area contributed by atoms with Crippen LogP contribution in [0.4, 0.5) is 0 Å². The second-order valence-electron chi connectivity index (χ2n) is 22.8. The number of unbranched alkanes of at least 4 members (excludes halogenated alkanes) is 41. The maximum Gasteiger partial charge on any atom is 0.268 e. The Morgan fingerprint density at radius 2 is 0.778 bits per heavy atom. The van der Waals surface area contributed by atoms with Crippen LogP contribution in [0.3, 0.4) is 0 Å². The highest BCUT2D eigenvalue weighted by Gasteiger charge is 2.23. The Labute approximate surface area is 448 Å². The van der Waals surface area contributed by atoms with Crippen LogP contribution >= 0.6 is 7.82 Å². The molecule has 0 aromatic carbocycles. The number of quaternary nitrogens is 1. The molecule has 2 N–H and O–H groups in total. The molecule has 0 radical (unpaired) electrons. The molecule has 0 aliphatic heterocycles. The van der Waals surface area contributed by atoms with Crippen molar-refractivity contribution in [1.29, 1.82) is 0 Å². The Balaban J connectivity index is 4.09. The van der Waals surface area contributed by atoms with Gasteiger partial charge in [-0.3, -0.25) is 9.36 Å². The number of aliphatic hydroxyl groups is 1. The summed E-state index contributed by atoms with van der Waals surface area (Å²) in [5, 5.41) is 13.9. The maximum absolute atomic E-state index is 13.0. The summed E-state index contributed by atoms with van der Waals surface area (Å²) in [6, 6.07) is -0.902. The van der Waals surface area contributed by atoms with Gasteiger partial charge in [0.05, 0.1) is 39.9 Å². The van der Waals surface area contributed by atoms with Crippen molar-refractivity contribution in [1.82, 2.24) is 5.32 Å². The molecule has 9 heteroatoms. The normalized spacial score (nSPS) is 14.0. The minimum atomic E-state index is -4.60. The zero-order chi connectivity index (χ0) is 52.7. The van der Waals surface area contributed by atoms with Gasteiger partial charge in [-0.2, -0.15) is 0 Å². The molecule has 426 valence electrons. The van der Waals surface area contributed by atoms with Crippen molar-refractivity contribution in [3.05, 3.63) is 36.5 Å². The summed E-state index contributed by atoms with van der Waals surface area (Å²) in [5.41, 5.74) is 0. The van der Waals surface area contributed by atoms with Gasteiger partial charge in [0, 0.05) is 6.42 Å². The number of phosphoric ester groups is 1. The number of nitrogens with one attached hydrogen (secondary N) is 1. The number of likely N-dealkylation sites (N-methyl/N-ethyl adjacent to an activating group) is 1. The van der Waals surface area contributed by atoms with Gasteiger partial charge in [0.25, 0.3) is 7.82 Å². The van der Waals surface area contributed by atoms with Gasteiger partial charge in [-0.1, -0.05) is 281 Å². The number of amides is 1.